The molecule has 3 aromatic rings. The summed E-state index contributed by atoms with van der Waals surface area (Å²) in [5.41, 5.74) is 2.16. The second-order valence-corrected chi connectivity index (χ2v) is 6.24. The van der Waals surface area contributed by atoms with Crippen LogP contribution in [0.1, 0.15) is 18.5 Å². The third kappa shape index (κ3) is 3.12. The van der Waals surface area contributed by atoms with Gasteiger partial charge in [-0.2, -0.15) is 0 Å². The number of methoxy groups -OCH3 is 1. The van der Waals surface area contributed by atoms with Gasteiger partial charge in [-0.3, -0.25) is 0 Å². The Hall–Kier alpha value is -1.78. The fourth-order valence-electron chi connectivity index (χ4n) is 2.11. The van der Waals surface area contributed by atoms with Crippen LogP contribution in [0.3, 0.4) is 0 Å². The van der Waals surface area contributed by atoms with Gasteiger partial charge < -0.3 is 10.1 Å². The number of hydrogen-bond acceptors (Lipinski definition) is 4. The van der Waals surface area contributed by atoms with Crippen LogP contribution in [0.4, 0.5) is 5.13 Å². The van der Waals surface area contributed by atoms with Crippen molar-refractivity contribution >= 4 is 38.3 Å². The van der Waals surface area contributed by atoms with E-state index in [-0.39, 0.29) is 6.04 Å². The van der Waals surface area contributed by atoms with Crippen LogP contribution >= 0.6 is 22.9 Å². The van der Waals surface area contributed by atoms with Gasteiger partial charge in [-0.05, 0) is 42.8 Å². The number of ether oxygens (including phenoxy) is 1. The van der Waals surface area contributed by atoms with Crippen molar-refractivity contribution in [1.82, 2.24) is 4.98 Å². The van der Waals surface area contributed by atoms with Crippen molar-refractivity contribution in [3.05, 3.63) is 53.1 Å². The van der Waals surface area contributed by atoms with Crippen LogP contribution < -0.4 is 10.1 Å². The molecule has 0 fully saturated rings. The topological polar surface area (TPSA) is 34.1 Å². The van der Waals surface area contributed by atoms with E-state index in [0.717, 1.165) is 26.1 Å². The van der Waals surface area contributed by atoms with E-state index in [4.69, 9.17) is 16.3 Å². The molecule has 1 aromatic heterocycles. The molecule has 2 aromatic carbocycles. The number of thiazole rings is 1. The average Bonchev–Trinajstić information content (AvgIpc) is 2.88. The molecule has 0 spiro atoms. The van der Waals surface area contributed by atoms with Crippen molar-refractivity contribution in [3.8, 4) is 5.75 Å². The Morgan fingerprint density at radius 1 is 1.19 bits per heavy atom. The van der Waals surface area contributed by atoms with E-state index in [1.54, 1.807) is 18.4 Å². The van der Waals surface area contributed by atoms with Crippen LogP contribution in [0.15, 0.2) is 42.5 Å². The molecule has 0 saturated heterocycles. The molecule has 3 nitrogen and oxygen atoms in total. The van der Waals surface area contributed by atoms with E-state index >= 15 is 0 Å². The predicted molar refractivity (Wildman–Crippen MR) is 89.7 cm³/mol. The summed E-state index contributed by atoms with van der Waals surface area (Å²) in [6, 6.07) is 13.9. The van der Waals surface area contributed by atoms with Gasteiger partial charge >= 0.3 is 0 Å². The lowest BCUT2D eigenvalue weighted by molar-refractivity contribution is 0.415. The summed E-state index contributed by atoms with van der Waals surface area (Å²) in [6.45, 7) is 2.11. The Labute approximate surface area is 132 Å². The number of anilines is 1. The van der Waals surface area contributed by atoms with Gasteiger partial charge in [-0.25, -0.2) is 4.98 Å². The maximum Gasteiger partial charge on any atom is 0.184 e. The summed E-state index contributed by atoms with van der Waals surface area (Å²) in [5, 5.41) is 5.08. The summed E-state index contributed by atoms with van der Waals surface area (Å²) >= 11 is 7.54. The molecule has 1 atom stereocenters. The normalized spacial score (nSPS) is 12.3. The van der Waals surface area contributed by atoms with Gasteiger partial charge in [0.05, 0.1) is 23.4 Å². The smallest absolute Gasteiger partial charge is 0.184 e. The minimum atomic E-state index is 0.171. The molecule has 0 saturated carbocycles. The Morgan fingerprint density at radius 2 is 1.95 bits per heavy atom. The molecule has 0 aliphatic heterocycles. The molecule has 3 rings (SSSR count). The maximum atomic E-state index is 5.92. The van der Waals surface area contributed by atoms with E-state index in [0.29, 0.717) is 0 Å². The third-order valence-corrected chi connectivity index (χ3v) is 4.51. The first kappa shape index (κ1) is 14.2. The molecule has 0 amide bonds. The Kier molecular flexibility index (Phi) is 3.99. The van der Waals surface area contributed by atoms with Gasteiger partial charge in [0.1, 0.15) is 5.75 Å². The Morgan fingerprint density at radius 3 is 2.67 bits per heavy atom. The van der Waals surface area contributed by atoms with Crippen LogP contribution in [-0.4, -0.2) is 12.1 Å². The number of nitrogens with one attached hydrogen (secondary N) is 1. The summed E-state index contributed by atoms with van der Waals surface area (Å²) in [4.78, 5) is 4.60. The second-order valence-electron chi connectivity index (χ2n) is 4.77. The number of hydrogen-bond donors (Lipinski definition) is 1. The largest absolute Gasteiger partial charge is 0.497 e. The van der Waals surface area contributed by atoms with Crippen LogP contribution in [0.5, 0.6) is 5.75 Å². The molecule has 0 aliphatic rings. The highest BCUT2D eigenvalue weighted by Gasteiger charge is 2.09. The molecule has 0 aliphatic carbocycles. The van der Waals surface area contributed by atoms with Gasteiger partial charge in [0.15, 0.2) is 5.13 Å². The van der Waals surface area contributed by atoms with E-state index in [1.165, 1.54) is 5.56 Å². The van der Waals surface area contributed by atoms with Crippen molar-refractivity contribution in [2.75, 3.05) is 12.4 Å². The molecule has 0 radical (unpaired) electrons. The van der Waals surface area contributed by atoms with Crippen LogP contribution in [0.2, 0.25) is 5.02 Å². The number of fused-ring (bicyclic) bond motifs is 1. The summed E-state index contributed by atoms with van der Waals surface area (Å²) in [7, 11) is 1.67. The van der Waals surface area contributed by atoms with Crippen LogP contribution in [0.25, 0.3) is 10.2 Å². The summed E-state index contributed by atoms with van der Waals surface area (Å²) in [5.74, 6) is 0.850. The highest BCUT2D eigenvalue weighted by atomic mass is 35.5. The van der Waals surface area contributed by atoms with Crippen molar-refractivity contribution in [1.29, 1.82) is 0 Å². The molecule has 5 heteroatoms. The lowest BCUT2D eigenvalue weighted by Gasteiger charge is -2.13. The number of benzene rings is 2. The van der Waals surface area contributed by atoms with Crippen molar-refractivity contribution in [3.63, 3.8) is 0 Å². The average molecular weight is 319 g/mol. The molecule has 0 bridgehead atoms. The Balaban J connectivity index is 1.82. The molecule has 108 valence electrons. The van der Waals surface area contributed by atoms with Gasteiger partial charge in [-0.15, -0.1) is 0 Å². The highest BCUT2D eigenvalue weighted by molar-refractivity contribution is 7.22. The lowest BCUT2D eigenvalue weighted by Crippen LogP contribution is -2.05. The maximum absolute atomic E-state index is 5.92. The predicted octanol–water partition coefficient (Wildman–Crippen LogP) is 5.13. The first-order valence-electron chi connectivity index (χ1n) is 6.62. The number of nitrogens with zero attached hydrogens (tertiary/aromatic N) is 1. The van der Waals surface area contributed by atoms with E-state index in [1.807, 2.05) is 42.5 Å². The number of rotatable bonds is 4. The molecule has 1 heterocycles. The van der Waals surface area contributed by atoms with E-state index in [9.17, 15) is 0 Å². The number of aromatic nitrogens is 1. The quantitative estimate of drug-likeness (QED) is 0.724. The molecule has 1 N–H and O–H groups in total. The summed E-state index contributed by atoms with van der Waals surface area (Å²) < 4.78 is 6.35. The number of halogens is 1. The first-order chi connectivity index (χ1) is 10.2. The standard InChI is InChI=1S/C16H15ClN2OS/c1-10(11-3-5-12(17)6-4-11)18-16-19-14-8-7-13(20-2)9-15(14)21-16/h3-10H,1-2H3,(H,18,19). The zero-order valence-corrected chi connectivity index (χ0v) is 13.3. The molecular weight excluding hydrogens is 304 g/mol. The fraction of sp³-hybridized carbons (Fsp3) is 0.188. The molecular formula is C16H15ClN2OS. The van der Waals surface area contributed by atoms with Crippen LogP contribution in [0, 0.1) is 0 Å². The van der Waals surface area contributed by atoms with Crippen molar-refractivity contribution in [2.45, 2.75) is 13.0 Å². The van der Waals surface area contributed by atoms with Crippen molar-refractivity contribution in [2.24, 2.45) is 0 Å². The van der Waals surface area contributed by atoms with Gasteiger partial charge in [0.25, 0.3) is 0 Å². The van der Waals surface area contributed by atoms with Crippen LogP contribution in [-0.2, 0) is 0 Å². The van der Waals surface area contributed by atoms with Gasteiger partial charge in [-0.1, -0.05) is 35.1 Å². The van der Waals surface area contributed by atoms with Gasteiger partial charge in [0.2, 0.25) is 0 Å². The second kappa shape index (κ2) is 5.92. The van der Waals surface area contributed by atoms with E-state index in [2.05, 4.69) is 17.2 Å². The summed E-state index contributed by atoms with van der Waals surface area (Å²) in [6.07, 6.45) is 0. The minimum absolute atomic E-state index is 0.171. The monoisotopic (exact) mass is 318 g/mol. The minimum Gasteiger partial charge on any atom is -0.497 e. The Bertz CT molecular complexity index is 755. The first-order valence-corrected chi connectivity index (χ1v) is 7.82. The molecule has 1 unspecified atom stereocenters. The lowest BCUT2D eigenvalue weighted by atomic mass is 10.1. The van der Waals surface area contributed by atoms with Crippen molar-refractivity contribution < 1.29 is 4.74 Å². The zero-order chi connectivity index (χ0) is 14.8. The fourth-order valence-corrected chi connectivity index (χ4v) is 3.22. The van der Waals surface area contributed by atoms with Gasteiger partial charge in [0, 0.05) is 5.02 Å². The highest BCUT2D eigenvalue weighted by Crippen LogP contribution is 2.31. The van der Waals surface area contributed by atoms with E-state index < -0.39 is 0 Å². The zero-order valence-electron chi connectivity index (χ0n) is 11.8. The SMILES string of the molecule is COc1ccc2nc(NC(C)c3ccc(Cl)cc3)sc2c1. The third-order valence-electron chi connectivity index (χ3n) is 3.31. The molecule has 21 heavy (non-hydrogen) atoms.